The molecule has 3 nitrogen and oxygen atoms in total. The van der Waals surface area contributed by atoms with Gasteiger partial charge in [-0.15, -0.1) is 0 Å². The molecule has 0 aliphatic rings. The number of hydrogen-bond donors (Lipinski definition) is 0. The Kier molecular flexibility index (Phi) is 8.10. The molecular formula is C52H34F3N3. The van der Waals surface area contributed by atoms with Crippen LogP contribution in [-0.4, -0.2) is 9.13 Å². The van der Waals surface area contributed by atoms with Crippen LogP contribution >= 0.6 is 0 Å². The highest BCUT2D eigenvalue weighted by Crippen LogP contribution is 2.47. The first-order valence-electron chi connectivity index (χ1n) is 19.1. The van der Waals surface area contributed by atoms with E-state index in [1.165, 1.54) is 6.07 Å². The van der Waals surface area contributed by atoms with Crippen molar-refractivity contribution >= 4 is 43.6 Å². The molecule has 8 aromatic carbocycles. The quantitative estimate of drug-likeness (QED) is 0.172. The van der Waals surface area contributed by atoms with Gasteiger partial charge in [0.25, 0.3) is 0 Å². The van der Waals surface area contributed by atoms with Gasteiger partial charge >= 0.3 is 6.18 Å². The van der Waals surface area contributed by atoms with Crippen LogP contribution in [0.1, 0.15) is 22.3 Å². The summed E-state index contributed by atoms with van der Waals surface area (Å²) in [6.07, 6.45) is -4.72. The molecule has 0 radical (unpaired) electrons. The maximum absolute atomic E-state index is 15.6. The van der Waals surface area contributed by atoms with Crippen LogP contribution in [0.4, 0.5) is 13.2 Å². The molecule has 2 aromatic heterocycles. The Morgan fingerprint density at radius 1 is 0.448 bits per heavy atom. The topological polar surface area (TPSA) is 33.6 Å². The number of benzene rings is 8. The molecule has 0 saturated heterocycles. The van der Waals surface area contributed by atoms with E-state index >= 15 is 13.2 Å². The zero-order valence-electron chi connectivity index (χ0n) is 31.6. The van der Waals surface area contributed by atoms with Crippen LogP contribution in [0.3, 0.4) is 0 Å². The van der Waals surface area contributed by atoms with E-state index in [1.54, 1.807) is 24.3 Å². The van der Waals surface area contributed by atoms with Gasteiger partial charge in [-0.25, -0.2) is 0 Å². The molecule has 0 spiro atoms. The van der Waals surface area contributed by atoms with Crippen molar-refractivity contribution in [1.82, 2.24) is 9.13 Å². The van der Waals surface area contributed by atoms with E-state index in [4.69, 9.17) is 0 Å². The highest BCUT2D eigenvalue weighted by molar-refractivity contribution is 6.13. The summed E-state index contributed by atoms with van der Waals surface area (Å²) >= 11 is 0. The summed E-state index contributed by atoms with van der Waals surface area (Å²) in [6.45, 7) is 4.12. The molecule has 10 rings (SSSR count). The van der Waals surface area contributed by atoms with E-state index < -0.39 is 11.7 Å². The van der Waals surface area contributed by atoms with Crippen molar-refractivity contribution in [2.45, 2.75) is 20.0 Å². The molecule has 0 atom stereocenters. The number of halogens is 3. The summed E-state index contributed by atoms with van der Waals surface area (Å²) in [6, 6.07) is 56.5. The number of aromatic nitrogens is 2. The predicted molar refractivity (Wildman–Crippen MR) is 231 cm³/mol. The fourth-order valence-electron chi connectivity index (χ4n) is 8.72. The van der Waals surface area contributed by atoms with Crippen molar-refractivity contribution in [2.24, 2.45) is 0 Å². The van der Waals surface area contributed by atoms with E-state index in [2.05, 4.69) is 80.6 Å². The molecule has 278 valence electrons. The number of alkyl halides is 3. The lowest BCUT2D eigenvalue weighted by atomic mass is 9.93. The summed E-state index contributed by atoms with van der Waals surface area (Å²) in [5.74, 6) is 0. The standard InChI is InChI=1S/C52H34F3N3/c1-32-10-7-12-35(26-32)37-21-24-47-41(29-37)39-14-3-5-17-45(39)57(47)49-23-20-34(31-56)28-43(49)51-44(52(53,54)55)16-9-19-50(51)58-46-18-6-4-15-40(46)42-30-38(22-25-48(42)58)36-13-8-11-33(2)27-36/h3-30H,1-2H3. The summed E-state index contributed by atoms with van der Waals surface area (Å²) in [7, 11) is 0. The zero-order chi connectivity index (χ0) is 39.7. The Morgan fingerprint density at radius 2 is 0.948 bits per heavy atom. The van der Waals surface area contributed by atoms with Crippen LogP contribution in [0.2, 0.25) is 0 Å². The largest absolute Gasteiger partial charge is 0.417 e. The summed E-state index contributed by atoms with van der Waals surface area (Å²) in [4.78, 5) is 0. The van der Waals surface area contributed by atoms with Gasteiger partial charge in [-0.1, -0.05) is 114 Å². The summed E-state index contributed by atoms with van der Waals surface area (Å²) in [5, 5.41) is 14.0. The predicted octanol–water partition coefficient (Wildman–Crippen LogP) is 14.4. The van der Waals surface area contributed by atoms with Gasteiger partial charge < -0.3 is 9.13 Å². The van der Waals surface area contributed by atoms with Gasteiger partial charge in [0.1, 0.15) is 0 Å². The fraction of sp³-hybridized carbons (Fsp3) is 0.0577. The lowest BCUT2D eigenvalue weighted by molar-refractivity contribution is -0.137. The average molecular weight is 758 g/mol. The molecule has 0 amide bonds. The highest BCUT2D eigenvalue weighted by Gasteiger charge is 2.36. The first-order valence-corrected chi connectivity index (χ1v) is 19.1. The smallest absolute Gasteiger partial charge is 0.309 e. The van der Waals surface area contributed by atoms with Crippen molar-refractivity contribution in [3.63, 3.8) is 0 Å². The van der Waals surface area contributed by atoms with Crippen molar-refractivity contribution in [3.05, 3.63) is 192 Å². The minimum atomic E-state index is -4.72. The minimum Gasteiger partial charge on any atom is -0.309 e. The maximum atomic E-state index is 15.6. The number of nitriles is 1. The highest BCUT2D eigenvalue weighted by atomic mass is 19.4. The van der Waals surface area contributed by atoms with Gasteiger partial charge in [-0.3, -0.25) is 0 Å². The molecule has 0 aliphatic heterocycles. The molecule has 10 aromatic rings. The molecule has 0 fully saturated rings. The van der Waals surface area contributed by atoms with Crippen molar-refractivity contribution < 1.29 is 13.2 Å². The number of hydrogen-bond acceptors (Lipinski definition) is 1. The molecule has 0 unspecified atom stereocenters. The van der Waals surface area contributed by atoms with Crippen LogP contribution < -0.4 is 0 Å². The van der Waals surface area contributed by atoms with Gasteiger partial charge in [0.15, 0.2) is 0 Å². The second-order valence-electron chi connectivity index (χ2n) is 14.9. The number of fused-ring (bicyclic) bond motifs is 6. The van der Waals surface area contributed by atoms with E-state index in [0.717, 1.165) is 83.1 Å². The number of para-hydroxylation sites is 2. The number of aryl methyl sites for hydroxylation is 2. The maximum Gasteiger partial charge on any atom is 0.417 e. The van der Waals surface area contributed by atoms with Crippen LogP contribution in [-0.2, 0) is 6.18 Å². The molecule has 0 bridgehead atoms. The van der Waals surface area contributed by atoms with Crippen LogP contribution in [0.15, 0.2) is 170 Å². The third-order valence-electron chi connectivity index (χ3n) is 11.3. The Morgan fingerprint density at radius 3 is 1.48 bits per heavy atom. The van der Waals surface area contributed by atoms with Gasteiger partial charge in [0.2, 0.25) is 0 Å². The van der Waals surface area contributed by atoms with Gasteiger partial charge in [-0.05, 0) is 103 Å². The molecule has 6 heteroatoms. The van der Waals surface area contributed by atoms with Crippen molar-refractivity contribution in [2.75, 3.05) is 0 Å². The normalized spacial score (nSPS) is 11.9. The first-order chi connectivity index (χ1) is 28.2. The SMILES string of the molecule is Cc1cccc(-c2ccc3c(c2)c2ccccc2n3-c2ccc(C#N)cc2-c2c(-n3c4ccccc4c4cc(-c5cccc(C)c5)ccc43)cccc2C(F)(F)F)c1. The van der Waals surface area contributed by atoms with Crippen LogP contribution in [0.5, 0.6) is 0 Å². The average Bonchev–Trinajstić information content (AvgIpc) is 3.75. The fourth-order valence-corrected chi connectivity index (χ4v) is 8.72. The lowest BCUT2D eigenvalue weighted by Crippen LogP contribution is -2.11. The van der Waals surface area contributed by atoms with Crippen molar-refractivity contribution in [3.8, 4) is 50.8 Å². The summed E-state index contributed by atoms with van der Waals surface area (Å²) in [5.41, 5.74) is 10.4. The first kappa shape index (κ1) is 35.1. The lowest BCUT2D eigenvalue weighted by Gasteiger charge is -2.22. The summed E-state index contributed by atoms with van der Waals surface area (Å²) < 4.78 is 50.7. The molecule has 0 aliphatic carbocycles. The monoisotopic (exact) mass is 757 g/mol. The van der Waals surface area contributed by atoms with Gasteiger partial charge in [0.05, 0.1) is 50.6 Å². The van der Waals surface area contributed by atoms with E-state index in [-0.39, 0.29) is 11.1 Å². The number of nitrogens with zero attached hydrogens (tertiary/aromatic N) is 3. The second-order valence-corrected chi connectivity index (χ2v) is 14.9. The Hall–Kier alpha value is -7.36. The van der Waals surface area contributed by atoms with E-state index in [0.29, 0.717) is 16.9 Å². The van der Waals surface area contributed by atoms with Gasteiger partial charge in [-0.2, -0.15) is 18.4 Å². The number of rotatable bonds is 5. The van der Waals surface area contributed by atoms with Crippen LogP contribution in [0, 0.1) is 25.2 Å². The minimum absolute atomic E-state index is 0.00479. The molecule has 0 N–H and O–H groups in total. The molecule has 0 saturated carbocycles. The second kappa shape index (κ2) is 13.4. The molecule has 58 heavy (non-hydrogen) atoms. The Bertz CT molecular complexity index is 3320. The Labute approximate surface area is 333 Å². The van der Waals surface area contributed by atoms with Crippen molar-refractivity contribution in [1.29, 1.82) is 5.26 Å². The third-order valence-corrected chi connectivity index (χ3v) is 11.3. The zero-order valence-corrected chi connectivity index (χ0v) is 31.6. The van der Waals surface area contributed by atoms with E-state index in [9.17, 15) is 5.26 Å². The third kappa shape index (κ3) is 5.66. The molecular weight excluding hydrogens is 724 g/mol. The van der Waals surface area contributed by atoms with E-state index in [1.807, 2.05) is 81.9 Å². The van der Waals surface area contributed by atoms with Gasteiger partial charge in [0, 0.05) is 32.7 Å². The molecule has 2 heterocycles. The Balaban J connectivity index is 1.29. The van der Waals surface area contributed by atoms with Crippen LogP contribution in [0.25, 0.3) is 88.4 Å².